The lowest BCUT2D eigenvalue weighted by atomic mass is 10.1. The van der Waals surface area contributed by atoms with Crippen molar-refractivity contribution in [3.05, 3.63) is 96.1 Å². The second-order valence-corrected chi connectivity index (χ2v) is 5.80. The van der Waals surface area contributed by atoms with E-state index in [1.54, 1.807) is 30.5 Å². The predicted octanol–water partition coefficient (Wildman–Crippen LogP) is 2.71. The summed E-state index contributed by atoms with van der Waals surface area (Å²) in [5, 5.41) is 13.9. The fraction of sp³-hybridized carbons (Fsp3) is 0. The standard InChI is InChI=1S/C21H14N6O/c28-21(17-8-11-20(12-9-17)27-15-23-25-26-27)24-19-6-3-4-16(14-19)7-10-18-5-1-2-13-22-18/h1-6,8-9,11-15H,(H,24,28). The van der Waals surface area contributed by atoms with Gasteiger partial charge in [0.2, 0.25) is 0 Å². The summed E-state index contributed by atoms with van der Waals surface area (Å²) in [4.78, 5) is 16.7. The van der Waals surface area contributed by atoms with Gasteiger partial charge in [-0.05, 0) is 70.9 Å². The number of rotatable bonds is 3. The van der Waals surface area contributed by atoms with Gasteiger partial charge < -0.3 is 5.32 Å². The van der Waals surface area contributed by atoms with Crippen molar-refractivity contribution in [2.24, 2.45) is 0 Å². The lowest BCUT2D eigenvalue weighted by Crippen LogP contribution is -2.12. The molecule has 2 aromatic carbocycles. The van der Waals surface area contributed by atoms with Gasteiger partial charge in [0, 0.05) is 23.0 Å². The van der Waals surface area contributed by atoms with E-state index >= 15 is 0 Å². The molecule has 2 heterocycles. The van der Waals surface area contributed by atoms with Crippen molar-refractivity contribution in [3.63, 3.8) is 0 Å². The molecular weight excluding hydrogens is 352 g/mol. The van der Waals surface area contributed by atoms with E-state index in [0.717, 1.165) is 11.3 Å². The van der Waals surface area contributed by atoms with E-state index in [-0.39, 0.29) is 5.91 Å². The van der Waals surface area contributed by atoms with Crippen molar-refractivity contribution in [1.82, 2.24) is 25.2 Å². The average molecular weight is 366 g/mol. The number of hydrogen-bond acceptors (Lipinski definition) is 5. The molecule has 2 aromatic heterocycles. The van der Waals surface area contributed by atoms with E-state index < -0.39 is 0 Å². The van der Waals surface area contributed by atoms with Gasteiger partial charge in [-0.25, -0.2) is 9.67 Å². The first kappa shape index (κ1) is 17.1. The molecule has 0 aliphatic carbocycles. The number of nitrogens with one attached hydrogen (secondary N) is 1. The molecule has 0 radical (unpaired) electrons. The van der Waals surface area contributed by atoms with Crippen LogP contribution in [0.4, 0.5) is 5.69 Å². The van der Waals surface area contributed by atoms with Gasteiger partial charge in [-0.3, -0.25) is 4.79 Å². The maximum atomic E-state index is 12.5. The van der Waals surface area contributed by atoms with Gasteiger partial charge in [-0.1, -0.05) is 18.1 Å². The number of carbonyl (C=O) groups is 1. The molecule has 0 fully saturated rings. The molecule has 0 bridgehead atoms. The molecule has 1 amide bonds. The molecule has 0 unspecified atom stereocenters. The Bertz CT molecular complexity index is 1140. The van der Waals surface area contributed by atoms with Crippen LogP contribution >= 0.6 is 0 Å². The van der Waals surface area contributed by atoms with Gasteiger partial charge in [0.05, 0.1) is 5.69 Å². The molecule has 1 N–H and O–H groups in total. The van der Waals surface area contributed by atoms with E-state index in [9.17, 15) is 4.79 Å². The third-order valence-electron chi connectivity index (χ3n) is 3.86. The van der Waals surface area contributed by atoms with E-state index in [0.29, 0.717) is 16.9 Å². The summed E-state index contributed by atoms with van der Waals surface area (Å²) in [6.45, 7) is 0. The summed E-state index contributed by atoms with van der Waals surface area (Å²) >= 11 is 0. The molecule has 7 heteroatoms. The van der Waals surface area contributed by atoms with Crippen molar-refractivity contribution < 1.29 is 4.79 Å². The van der Waals surface area contributed by atoms with Crippen molar-refractivity contribution in [2.75, 3.05) is 5.32 Å². The van der Waals surface area contributed by atoms with Gasteiger partial charge in [0.1, 0.15) is 12.0 Å². The Kier molecular flexibility index (Phi) is 4.85. The molecule has 0 atom stereocenters. The van der Waals surface area contributed by atoms with E-state index in [1.165, 1.54) is 11.0 Å². The van der Waals surface area contributed by atoms with E-state index in [2.05, 4.69) is 37.7 Å². The summed E-state index contributed by atoms with van der Waals surface area (Å²) in [5.74, 6) is 5.84. The summed E-state index contributed by atoms with van der Waals surface area (Å²) < 4.78 is 1.52. The van der Waals surface area contributed by atoms with E-state index in [4.69, 9.17) is 0 Å². The zero-order valence-corrected chi connectivity index (χ0v) is 14.6. The third-order valence-corrected chi connectivity index (χ3v) is 3.86. The number of aromatic nitrogens is 5. The second kappa shape index (κ2) is 7.93. The van der Waals surface area contributed by atoms with Crippen molar-refractivity contribution in [3.8, 4) is 17.5 Å². The zero-order chi connectivity index (χ0) is 19.2. The molecule has 28 heavy (non-hydrogen) atoms. The second-order valence-electron chi connectivity index (χ2n) is 5.80. The molecule has 0 saturated heterocycles. The number of nitrogens with zero attached hydrogens (tertiary/aromatic N) is 5. The Hall–Kier alpha value is -4.31. The van der Waals surface area contributed by atoms with Crippen LogP contribution in [-0.2, 0) is 0 Å². The quantitative estimate of drug-likeness (QED) is 0.564. The Balaban J connectivity index is 1.47. The minimum absolute atomic E-state index is 0.210. The summed E-state index contributed by atoms with van der Waals surface area (Å²) in [6.07, 6.45) is 3.19. The Labute approximate surface area is 161 Å². The summed E-state index contributed by atoms with van der Waals surface area (Å²) in [6, 6.07) is 19.9. The molecule has 0 spiro atoms. The molecule has 0 aliphatic rings. The smallest absolute Gasteiger partial charge is 0.255 e. The van der Waals surface area contributed by atoms with Crippen LogP contribution in [0.3, 0.4) is 0 Å². The van der Waals surface area contributed by atoms with Crippen LogP contribution in [0.15, 0.2) is 79.3 Å². The first-order valence-corrected chi connectivity index (χ1v) is 8.46. The number of amides is 1. The number of pyridine rings is 1. The lowest BCUT2D eigenvalue weighted by Gasteiger charge is -2.06. The normalized spacial score (nSPS) is 10.0. The minimum atomic E-state index is -0.210. The number of tetrazole rings is 1. The largest absolute Gasteiger partial charge is 0.322 e. The highest BCUT2D eigenvalue weighted by Crippen LogP contribution is 2.13. The summed E-state index contributed by atoms with van der Waals surface area (Å²) in [5.41, 5.74) is 3.45. The average Bonchev–Trinajstić information content (AvgIpc) is 3.28. The molecule has 4 rings (SSSR count). The van der Waals surface area contributed by atoms with Crippen molar-refractivity contribution >= 4 is 11.6 Å². The molecule has 7 nitrogen and oxygen atoms in total. The highest BCUT2D eigenvalue weighted by Gasteiger charge is 2.07. The van der Waals surface area contributed by atoms with Crippen molar-refractivity contribution in [2.45, 2.75) is 0 Å². The molecule has 0 saturated carbocycles. The number of carbonyl (C=O) groups excluding carboxylic acids is 1. The number of benzene rings is 2. The first-order chi connectivity index (χ1) is 13.8. The topological polar surface area (TPSA) is 85.6 Å². The van der Waals surface area contributed by atoms with Crippen molar-refractivity contribution in [1.29, 1.82) is 0 Å². The minimum Gasteiger partial charge on any atom is -0.322 e. The molecule has 0 aliphatic heterocycles. The van der Waals surface area contributed by atoms with Crippen LogP contribution in [0.2, 0.25) is 0 Å². The SMILES string of the molecule is O=C(Nc1cccc(C#Cc2ccccn2)c1)c1ccc(-n2cnnn2)cc1. The Morgan fingerprint density at radius 2 is 1.86 bits per heavy atom. The fourth-order valence-electron chi connectivity index (χ4n) is 2.50. The van der Waals surface area contributed by atoms with Crippen LogP contribution in [0.5, 0.6) is 0 Å². The maximum absolute atomic E-state index is 12.5. The van der Waals surface area contributed by atoms with Gasteiger partial charge in [-0.2, -0.15) is 0 Å². The van der Waals surface area contributed by atoms with Crippen LogP contribution in [0, 0.1) is 11.8 Å². The van der Waals surface area contributed by atoms with Gasteiger partial charge >= 0.3 is 0 Å². The molecule has 134 valence electrons. The summed E-state index contributed by atoms with van der Waals surface area (Å²) in [7, 11) is 0. The third kappa shape index (κ3) is 4.08. The predicted molar refractivity (Wildman–Crippen MR) is 104 cm³/mol. The van der Waals surface area contributed by atoms with Crippen LogP contribution in [0.1, 0.15) is 21.6 Å². The van der Waals surface area contributed by atoms with Gasteiger partial charge in [0.25, 0.3) is 5.91 Å². The number of hydrogen-bond donors (Lipinski definition) is 1. The van der Waals surface area contributed by atoms with Crippen LogP contribution < -0.4 is 5.32 Å². The highest BCUT2D eigenvalue weighted by atomic mass is 16.1. The highest BCUT2D eigenvalue weighted by molar-refractivity contribution is 6.04. The fourth-order valence-corrected chi connectivity index (χ4v) is 2.50. The monoisotopic (exact) mass is 366 g/mol. The molecular formula is C21H14N6O. The number of anilines is 1. The van der Waals surface area contributed by atoms with E-state index in [1.807, 2.05) is 42.5 Å². The van der Waals surface area contributed by atoms with Crippen LogP contribution in [-0.4, -0.2) is 31.1 Å². The van der Waals surface area contributed by atoms with Gasteiger partial charge in [-0.15, -0.1) is 5.10 Å². The lowest BCUT2D eigenvalue weighted by molar-refractivity contribution is 0.102. The first-order valence-electron chi connectivity index (χ1n) is 8.46. The Morgan fingerprint density at radius 1 is 0.964 bits per heavy atom. The Morgan fingerprint density at radius 3 is 2.61 bits per heavy atom. The maximum Gasteiger partial charge on any atom is 0.255 e. The zero-order valence-electron chi connectivity index (χ0n) is 14.6. The van der Waals surface area contributed by atoms with Gasteiger partial charge in [0.15, 0.2) is 0 Å². The van der Waals surface area contributed by atoms with Crippen LogP contribution in [0.25, 0.3) is 5.69 Å². The molecule has 4 aromatic rings.